The number of amides is 1. The second kappa shape index (κ2) is 8.92. The zero-order valence-corrected chi connectivity index (χ0v) is 17.6. The van der Waals surface area contributed by atoms with Crippen molar-refractivity contribution in [1.29, 1.82) is 0 Å². The van der Waals surface area contributed by atoms with Gasteiger partial charge in [-0.15, -0.1) is 0 Å². The number of fused-ring (bicyclic) bond motifs is 1. The highest BCUT2D eigenvalue weighted by molar-refractivity contribution is 7.89. The summed E-state index contributed by atoms with van der Waals surface area (Å²) in [5.41, 5.74) is 0. The largest absolute Gasteiger partial charge is 0.486 e. The molecule has 3 aliphatic rings. The van der Waals surface area contributed by atoms with Crippen LogP contribution in [0.5, 0.6) is 11.5 Å². The lowest BCUT2D eigenvalue weighted by Gasteiger charge is -2.22. The third kappa shape index (κ3) is 5.63. The second-order valence-electron chi connectivity index (χ2n) is 8.23. The number of carbonyl (C=O) groups is 1. The standard InChI is InChI=1S/C21H30N2O5S/c24-21(23(17-7-8-17)15-16-5-6-16)4-2-1-3-11-22-29(25,26)18-9-10-19-20(14-18)28-13-12-27-19/h9-10,14,16-17,22H,1-8,11-13,15H2. The van der Waals surface area contributed by atoms with Gasteiger partial charge in [-0.3, -0.25) is 4.79 Å². The maximum absolute atomic E-state index is 12.5. The van der Waals surface area contributed by atoms with E-state index in [-0.39, 0.29) is 10.8 Å². The normalized spacial score (nSPS) is 18.5. The van der Waals surface area contributed by atoms with Gasteiger partial charge in [-0.1, -0.05) is 6.42 Å². The predicted octanol–water partition coefficient (Wildman–Crippen LogP) is 2.70. The topological polar surface area (TPSA) is 84.9 Å². The third-order valence-corrected chi connectivity index (χ3v) is 7.10. The van der Waals surface area contributed by atoms with E-state index in [1.165, 1.54) is 25.0 Å². The quantitative estimate of drug-likeness (QED) is 0.554. The Morgan fingerprint density at radius 3 is 2.52 bits per heavy atom. The van der Waals surface area contributed by atoms with Crippen molar-refractivity contribution >= 4 is 15.9 Å². The number of sulfonamides is 1. The number of hydrogen-bond donors (Lipinski definition) is 1. The molecule has 0 atom stereocenters. The Morgan fingerprint density at radius 2 is 1.79 bits per heavy atom. The minimum absolute atomic E-state index is 0.178. The van der Waals surface area contributed by atoms with Crippen LogP contribution in [0.3, 0.4) is 0 Å². The summed E-state index contributed by atoms with van der Waals surface area (Å²) < 4.78 is 38.5. The molecule has 2 fully saturated rings. The van der Waals surface area contributed by atoms with Crippen LogP contribution in [0.15, 0.2) is 23.1 Å². The molecule has 2 saturated carbocycles. The van der Waals surface area contributed by atoms with E-state index >= 15 is 0 Å². The molecular weight excluding hydrogens is 392 g/mol. The Bertz CT molecular complexity index is 833. The Hall–Kier alpha value is -1.80. The number of benzene rings is 1. The van der Waals surface area contributed by atoms with E-state index in [9.17, 15) is 13.2 Å². The SMILES string of the molecule is O=C(CCCCCNS(=O)(=O)c1ccc2c(c1)OCCO2)N(CC1CC1)C1CC1. The summed E-state index contributed by atoms with van der Waals surface area (Å²) in [6, 6.07) is 5.14. The Labute approximate surface area is 172 Å². The van der Waals surface area contributed by atoms with Crippen molar-refractivity contribution in [2.75, 3.05) is 26.3 Å². The van der Waals surface area contributed by atoms with E-state index in [1.54, 1.807) is 6.07 Å². The van der Waals surface area contributed by atoms with Crippen LogP contribution in [0.2, 0.25) is 0 Å². The molecule has 2 aliphatic carbocycles. The fourth-order valence-corrected chi connectivity index (χ4v) is 4.71. The first-order chi connectivity index (χ1) is 14.0. The first kappa shape index (κ1) is 20.5. The zero-order chi connectivity index (χ0) is 20.3. The second-order valence-corrected chi connectivity index (χ2v) is 10.0. The van der Waals surface area contributed by atoms with Gasteiger partial charge >= 0.3 is 0 Å². The summed E-state index contributed by atoms with van der Waals surface area (Å²) in [6.45, 7) is 2.19. The van der Waals surface area contributed by atoms with Gasteiger partial charge in [-0.25, -0.2) is 13.1 Å². The van der Waals surface area contributed by atoms with Crippen molar-refractivity contribution in [2.24, 2.45) is 5.92 Å². The van der Waals surface area contributed by atoms with Gasteiger partial charge in [0.15, 0.2) is 11.5 Å². The number of nitrogens with zero attached hydrogens (tertiary/aromatic N) is 1. The smallest absolute Gasteiger partial charge is 0.240 e. The lowest BCUT2D eigenvalue weighted by molar-refractivity contribution is -0.132. The van der Waals surface area contributed by atoms with Crippen molar-refractivity contribution in [1.82, 2.24) is 9.62 Å². The van der Waals surface area contributed by atoms with E-state index in [0.29, 0.717) is 50.1 Å². The number of nitrogens with one attached hydrogen (secondary N) is 1. The summed E-state index contributed by atoms with van der Waals surface area (Å²) >= 11 is 0. The van der Waals surface area contributed by atoms with E-state index in [0.717, 1.165) is 38.1 Å². The van der Waals surface area contributed by atoms with Gasteiger partial charge in [-0.05, 0) is 56.6 Å². The van der Waals surface area contributed by atoms with Crippen LogP contribution in [0.1, 0.15) is 51.4 Å². The van der Waals surface area contributed by atoms with Gasteiger partial charge in [0.25, 0.3) is 0 Å². The molecule has 1 aromatic carbocycles. The minimum atomic E-state index is -3.58. The van der Waals surface area contributed by atoms with Gasteiger partial charge < -0.3 is 14.4 Å². The molecule has 29 heavy (non-hydrogen) atoms. The van der Waals surface area contributed by atoms with Crippen LogP contribution in [0.4, 0.5) is 0 Å². The molecule has 160 valence electrons. The zero-order valence-electron chi connectivity index (χ0n) is 16.8. The lowest BCUT2D eigenvalue weighted by atomic mass is 10.1. The van der Waals surface area contributed by atoms with Crippen LogP contribution in [0, 0.1) is 5.92 Å². The number of hydrogen-bond acceptors (Lipinski definition) is 5. The highest BCUT2D eigenvalue weighted by Gasteiger charge is 2.36. The molecule has 7 nitrogen and oxygen atoms in total. The van der Waals surface area contributed by atoms with Crippen molar-refractivity contribution < 1.29 is 22.7 Å². The fourth-order valence-electron chi connectivity index (χ4n) is 3.62. The maximum atomic E-state index is 12.5. The first-order valence-corrected chi connectivity index (χ1v) is 12.2. The van der Waals surface area contributed by atoms with E-state index in [4.69, 9.17) is 9.47 Å². The number of carbonyl (C=O) groups excluding carboxylic acids is 1. The van der Waals surface area contributed by atoms with Gasteiger partial charge in [0.2, 0.25) is 15.9 Å². The molecule has 0 bridgehead atoms. The average molecular weight is 423 g/mol. The van der Waals surface area contributed by atoms with Crippen molar-refractivity contribution in [2.45, 2.75) is 62.3 Å². The monoisotopic (exact) mass is 422 g/mol. The summed E-state index contributed by atoms with van der Waals surface area (Å²) in [6.07, 6.45) is 7.75. The Balaban J connectivity index is 1.16. The van der Waals surface area contributed by atoms with E-state index in [2.05, 4.69) is 9.62 Å². The molecule has 0 aromatic heterocycles. The summed E-state index contributed by atoms with van der Waals surface area (Å²) in [7, 11) is -3.58. The molecule has 0 spiro atoms. The molecule has 1 aliphatic heterocycles. The van der Waals surface area contributed by atoms with Gasteiger partial charge in [0.1, 0.15) is 13.2 Å². The van der Waals surface area contributed by atoms with E-state index in [1.807, 2.05) is 0 Å². The van der Waals surface area contributed by atoms with Gasteiger partial charge in [0, 0.05) is 31.6 Å². The Kier molecular flexibility index (Phi) is 6.29. The van der Waals surface area contributed by atoms with Crippen molar-refractivity contribution in [3.05, 3.63) is 18.2 Å². The molecule has 1 aromatic rings. The average Bonchev–Trinajstić information content (AvgIpc) is 3.62. The molecule has 0 unspecified atom stereocenters. The summed E-state index contributed by atoms with van der Waals surface area (Å²) in [4.78, 5) is 14.8. The molecular formula is C21H30N2O5S. The predicted molar refractivity (Wildman–Crippen MR) is 109 cm³/mol. The lowest BCUT2D eigenvalue weighted by Crippen LogP contribution is -2.34. The Morgan fingerprint density at radius 1 is 1.03 bits per heavy atom. The summed E-state index contributed by atoms with van der Waals surface area (Å²) in [5, 5.41) is 0. The molecule has 0 radical (unpaired) electrons. The van der Waals surface area contributed by atoms with Crippen LogP contribution >= 0.6 is 0 Å². The molecule has 4 rings (SSSR count). The third-order valence-electron chi connectivity index (χ3n) is 5.64. The minimum Gasteiger partial charge on any atom is -0.486 e. The molecule has 8 heteroatoms. The fraction of sp³-hybridized carbons (Fsp3) is 0.667. The molecule has 1 heterocycles. The van der Waals surface area contributed by atoms with Gasteiger partial charge in [-0.2, -0.15) is 0 Å². The highest BCUT2D eigenvalue weighted by atomic mass is 32.2. The van der Waals surface area contributed by atoms with Gasteiger partial charge in [0.05, 0.1) is 4.90 Å². The van der Waals surface area contributed by atoms with Crippen LogP contribution < -0.4 is 14.2 Å². The highest BCUT2D eigenvalue weighted by Crippen LogP contribution is 2.35. The molecule has 1 N–H and O–H groups in total. The maximum Gasteiger partial charge on any atom is 0.240 e. The summed E-state index contributed by atoms with van der Waals surface area (Å²) in [5.74, 6) is 2.04. The van der Waals surface area contributed by atoms with Crippen molar-refractivity contribution in [3.8, 4) is 11.5 Å². The van der Waals surface area contributed by atoms with Crippen LogP contribution in [-0.4, -0.2) is 51.6 Å². The number of ether oxygens (including phenoxy) is 2. The molecule has 1 amide bonds. The van der Waals surface area contributed by atoms with Crippen LogP contribution in [-0.2, 0) is 14.8 Å². The molecule has 0 saturated heterocycles. The first-order valence-electron chi connectivity index (χ1n) is 10.7. The van der Waals surface area contributed by atoms with Crippen molar-refractivity contribution in [3.63, 3.8) is 0 Å². The van der Waals surface area contributed by atoms with Crippen LogP contribution in [0.25, 0.3) is 0 Å². The number of rotatable bonds is 11. The van der Waals surface area contributed by atoms with E-state index < -0.39 is 10.0 Å². The number of unbranched alkanes of at least 4 members (excludes halogenated alkanes) is 2.